The Labute approximate surface area is 357 Å². The van der Waals surface area contributed by atoms with Crippen molar-refractivity contribution in [3.05, 3.63) is 94.9 Å². The first kappa shape index (κ1) is 38.4. The van der Waals surface area contributed by atoms with Crippen LogP contribution < -0.4 is 20.4 Å². The zero-order valence-corrected chi connectivity index (χ0v) is 35.1. The Morgan fingerprint density at radius 2 is 1.82 bits per heavy atom. The van der Waals surface area contributed by atoms with E-state index in [4.69, 9.17) is 9.51 Å². The Morgan fingerprint density at radius 1 is 1.00 bits per heavy atom. The Kier molecular flexibility index (Phi) is 8.86. The summed E-state index contributed by atoms with van der Waals surface area (Å²) in [5.74, 6) is -0.457. The van der Waals surface area contributed by atoms with Crippen molar-refractivity contribution in [2.24, 2.45) is 0 Å². The average molecular weight is 833 g/mol. The second-order valence-corrected chi connectivity index (χ2v) is 18.2. The summed E-state index contributed by atoms with van der Waals surface area (Å²) in [5.41, 5.74) is 9.23. The van der Waals surface area contributed by atoms with Gasteiger partial charge in [0.2, 0.25) is 17.7 Å². The number of aromatic amines is 1. The zero-order valence-electron chi connectivity index (χ0n) is 35.1. The fourth-order valence-corrected chi connectivity index (χ4v) is 10.1. The number of amides is 4. The van der Waals surface area contributed by atoms with Gasteiger partial charge in [0.15, 0.2) is 5.82 Å². The lowest BCUT2D eigenvalue weighted by molar-refractivity contribution is -0.135. The smallest absolute Gasteiger partial charge is 0.315 e. The molecule has 2 atom stereocenters. The van der Waals surface area contributed by atoms with Crippen LogP contribution in [0.2, 0.25) is 0 Å². The van der Waals surface area contributed by atoms with Crippen LogP contribution in [0.4, 0.5) is 11.4 Å². The summed E-state index contributed by atoms with van der Waals surface area (Å²) in [6.45, 7) is 10.5. The zero-order chi connectivity index (χ0) is 42.5. The van der Waals surface area contributed by atoms with Gasteiger partial charge >= 0.3 is 11.8 Å². The third-order valence-electron chi connectivity index (χ3n) is 14.1. The van der Waals surface area contributed by atoms with Crippen molar-refractivity contribution in [3.8, 4) is 11.3 Å². The molecule has 6 heterocycles. The number of carbonyl (C=O) groups excluding carboxylic acids is 4. The van der Waals surface area contributed by atoms with Gasteiger partial charge in [0.1, 0.15) is 18.0 Å². The predicted octanol–water partition coefficient (Wildman–Crippen LogP) is 5.56. The van der Waals surface area contributed by atoms with E-state index in [9.17, 15) is 19.2 Å². The predicted molar refractivity (Wildman–Crippen MR) is 232 cm³/mol. The number of benzene rings is 3. The number of hydrogen-bond donors (Lipinski definition) is 3. The summed E-state index contributed by atoms with van der Waals surface area (Å²) in [6.07, 6.45) is 6.61. The van der Waals surface area contributed by atoms with E-state index in [1.165, 1.54) is 5.56 Å². The van der Waals surface area contributed by atoms with Crippen LogP contribution in [0.3, 0.4) is 0 Å². The second kappa shape index (κ2) is 14.3. The van der Waals surface area contributed by atoms with Gasteiger partial charge in [-0.1, -0.05) is 42.4 Å². The number of nitrogens with one attached hydrogen (secondary N) is 3. The van der Waals surface area contributed by atoms with Crippen molar-refractivity contribution in [1.29, 1.82) is 0 Å². The number of H-pyrrole nitrogens is 1. The Morgan fingerprint density at radius 3 is 2.58 bits per heavy atom. The van der Waals surface area contributed by atoms with Gasteiger partial charge in [-0.15, -0.1) is 0 Å². The number of fused-ring (bicyclic) bond motifs is 5. The van der Waals surface area contributed by atoms with Gasteiger partial charge in [0, 0.05) is 72.4 Å². The van der Waals surface area contributed by atoms with Crippen molar-refractivity contribution < 1.29 is 23.7 Å². The SMILES string of the molecule is Cc1cc(-c2ncnc3[nH]c4cc(N5CCN(CCc6cccc7c6C6(CC6)C(=O)N7C6CCC(=O)NC6=O)CC5)ccc4c23)ccc1[C@@H](C)NC(=O)c1nc(C2(C)CC2)no1. The van der Waals surface area contributed by atoms with Gasteiger partial charge in [0.25, 0.3) is 0 Å². The maximum atomic E-state index is 13.9. The molecular formula is C47H48N10O5. The molecule has 3 aliphatic heterocycles. The summed E-state index contributed by atoms with van der Waals surface area (Å²) >= 11 is 0. The Balaban J connectivity index is 0.757. The molecule has 5 aliphatic rings. The van der Waals surface area contributed by atoms with E-state index in [2.05, 4.69) is 77.8 Å². The quantitative estimate of drug-likeness (QED) is 0.147. The number of piperidine rings is 1. The van der Waals surface area contributed by atoms with Crippen LogP contribution in [-0.4, -0.2) is 92.4 Å². The van der Waals surface area contributed by atoms with E-state index in [1.54, 1.807) is 11.2 Å². The summed E-state index contributed by atoms with van der Waals surface area (Å²) < 4.78 is 5.30. The van der Waals surface area contributed by atoms with Crippen LogP contribution in [0.15, 0.2) is 65.4 Å². The first-order valence-electron chi connectivity index (χ1n) is 21.8. The molecule has 316 valence electrons. The minimum absolute atomic E-state index is 0.00977. The summed E-state index contributed by atoms with van der Waals surface area (Å²) in [4.78, 5) is 75.5. The number of anilines is 2. The second-order valence-electron chi connectivity index (χ2n) is 18.2. The number of nitrogens with zero attached hydrogens (tertiary/aromatic N) is 7. The first-order valence-corrected chi connectivity index (χ1v) is 21.8. The van der Waals surface area contributed by atoms with E-state index in [0.29, 0.717) is 12.2 Å². The van der Waals surface area contributed by atoms with E-state index >= 15 is 0 Å². The molecule has 2 saturated carbocycles. The molecule has 3 N–H and O–H groups in total. The molecule has 6 aromatic rings. The van der Waals surface area contributed by atoms with Crippen LogP contribution in [0.25, 0.3) is 33.2 Å². The molecule has 0 bridgehead atoms. The molecule has 11 rings (SSSR count). The molecule has 1 spiro atoms. The normalized spacial score (nSPS) is 20.8. The van der Waals surface area contributed by atoms with Crippen molar-refractivity contribution >= 4 is 56.9 Å². The topological polar surface area (TPSA) is 183 Å². The third-order valence-corrected chi connectivity index (χ3v) is 14.1. The highest BCUT2D eigenvalue weighted by Gasteiger charge is 2.62. The van der Waals surface area contributed by atoms with Gasteiger partial charge in [-0.2, -0.15) is 4.98 Å². The molecule has 1 unspecified atom stereocenters. The minimum Gasteiger partial charge on any atom is -0.369 e. The molecule has 3 aromatic heterocycles. The average Bonchev–Trinajstić information content (AvgIpc) is 4.10. The van der Waals surface area contributed by atoms with Gasteiger partial charge in [-0.25, -0.2) is 9.97 Å². The number of hydrogen-bond acceptors (Lipinski definition) is 11. The number of rotatable bonds is 10. The van der Waals surface area contributed by atoms with Crippen LogP contribution in [0, 0.1) is 6.92 Å². The number of aromatic nitrogens is 5. The molecular weight excluding hydrogens is 785 g/mol. The summed E-state index contributed by atoms with van der Waals surface area (Å²) in [6, 6.07) is 17.9. The molecule has 62 heavy (non-hydrogen) atoms. The lowest BCUT2D eigenvalue weighted by Crippen LogP contribution is -2.54. The molecule has 15 nitrogen and oxygen atoms in total. The number of piperazine rings is 1. The summed E-state index contributed by atoms with van der Waals surface area (Å²) in [5, 5.41) is 11.5. The maximum absolute atomic E-state index is 13.9. The van der Waals surface area contributed by atoms with Gasteiger partial charge in [0.05, 0.1) is 22.5 Å². The lowest BCUT2D eigenvalue weighted by atomic mass is 9.91. The van der Waals surface area contributed by atoms with Crippen molar-refractivity contribution in [1.82, 2.24) is 40.6 Å². The van der Waals surface area contributed by atoms with E-state index < -0.39 is 11.5 Å². The van der Waals surface area contributed by atoms with Crippen LogP contribution in [0.1, 0.15) is 97.2 Å². The monoisotopic (exact) mass is 832 g/mol. The third kappa shape index (κ3) is 6.35. The molecule has 2 aliphatic carbocycles. The molecule has 4 amide bonds. The fourth-order valence-electron chi connectivity index (χ4n) is 10.1. The first-order chi connectivity index (χ1) is 30.0. The number of imide groups is 1. The van der Waals surface area contributed by atoms with Gasteiger partial charge < -0.3 is 19.7 Å². The van der Waals surface area contributed by atoms with Crippen molar-refractivity contribution in [3.63, 3.8) is 0 Å². The van der Waals surface area contributed by atoms with Gasteiger partial charge in [-0.3, -0.25) is 34.3 Å². The highest BCUT2D eigenvalue weighted by atomic mass is 16.5. The highest BCUT2D eigenvalue weighted by molar-refractivity contribution is 6.16. The van der Waals surface area contributed by atoms with E-state index in [0.717, 1.165) is 126 Å². The van der Waals surface area contributed by atoms with Crippen molar-refractivity contribution in [2.45, 2.75) is 88.6 Å². The maximum Gasteiger partial charge on any atom is 0.315 e. The standard InChI is InChI=1S/C47H48N10O5/c1-26-23-29(7-9-31(26)27(2)50-42(60)43-53-44(54-62-43)46(3)14-15-46)39-37-32-10-8-30(24-33(32)51-40(37)49-25-48-39)56-21-19-55(20-22-56)18-13-28-5-4-6-34-38(28)47(16-17-47)45(61)57(34)35-11-12-36(58)52-41(35)59/h4-10,23-25,27,35H,11-22H2,1-3H3,(H,50,60)(H,48,49,51)(H,52,58,59)/t27-,35?/m1/s1. The lowest BCUT2D eigenvalue weighted by Gasteiger charge is -2.36. The summed E-state index contributed by atoms with van der Waals surface area (Å²) in [7, 11) is 0. The molecule has 4 fully saturated rings. The molecule has 0 radical (unpaired) electrons. The molecule has 15 heteroatoms. The van der Waals surface area contributed by atoms with Crippen LogP contribution in [0.5, 0.6) is 0 Å². The number of carbonyl (C=O) groups is 4. The minimum atomic E-state index is -0.644. The Hall–Kier alpha value is -6.48. The largest absolute Gasteiger partial charge is 0.369 e. The van der Waals surface area contributed by atoms with E-state index in [1.807, 2.05) is 38.1 Å². The van der Waals surface area contributed by atoms with Gasteiger partial charge in [-0.05, 0) is 98.9 Å². The highest BCUT2D eigenvalue weighted by Crippen LogP contribution is 2.59. The Bertz CT molecular complexity index is 2850. The molecule has 3 aromatic carbocycles. The van der Waals surface area contributed by atoms with Crippen LogP contribution in [-0.2, 0) is 31.6 Å². The molecule has 2 saturated heterocycles. The fraction of sp³-hybridized carbons (Fsp3) is 0.404. The van der Waals surface area contributed by atoms with Crippen molar-refractivity contribution in [2.75, 3.05) is 42.5 Å². The number of aryl methyl sites for hydroxylation is 1. The van der Waals surface area contributed by atoms with Crippen LogP contribution >= 0.6 is 0 Å². The van der Waals surface area contributed by atoms with E-state index in [-0.39, 0.29) is 47.4 Å².